The van der Waals surface area contributed by atoms with Crippen LogP contribution in [0.1, 0.15) is 28.2 Å². The highest BCUT2D eigenvalue weighted by Gasteiger charge is 2.04. The molecule has 0 aliphatic carbocycles. The van der Waals surface area contributed by atoms with Gasteiger partial charge in [-0.05, 0) is 48.0 Å². The number of benzene rings is 2. The average molecular weight is 406 g/mol. The van der Waals surface area contributed by atoms with Gasteiger partial charge >= 0.3 is 5.97 Å². The van der Waals surface area contributed by atoms with E-state index in [9.17, 15) is 9.59 Å². The number of hydrogen-bond donors (Lipinski definition) is 1. The highest BCUT2D eigenvalue weighted by atomic mass is 16.5. The Morgan fingerprint density at radius 3 is 2.33 bits per heavy atom. The molecular formula is C23H22N2O5. The molecule has 30 heavy (non-hydrogen) atoms. The highest BCUT2D eigenvalue weighted by molar-refractivity contribution is 6.06. The third-order valence-corrected chi connectivity index (χ3v) is 4.32. The lowest BCUT2D eigenvalue weighted by atomic mass is 10.1. The van der Waals surface area contributed by atoms with Gasteiger partial charge in [-0.25, -0.2) is 4.98 Å². The number of carbonyl (C=O) groups excluding carboxylic acids is 1. The zero-order valence-corrected chi connectivity index (χ0v) is 16.5. The van der Waals surface area contributed by atoms with Crippen molar-refractivity contribution in [2.45, 2.75) is 13.0 Å². The van der Waals surface area contributed by atoms with Crippen molar-refractivity contribution >= 4 is 17.8 Å². The summed E-state index contributed by atoms with van der Waals surface area (Å²) < 4.78 is 12.9. The first-order valence-electron chi connectivity index (χ1n) is 9.37. The van der Waals surface area contributed by atoms with Crippen LogP contribution in [0.5, 0.6) is 11.5 Å². The number of aliphatic carboxylic acids is 1. The number of ether oxygens (including phenoxy) is 2. The first kappa shape index (κ1) is 20.9. The van der Waals surface area contributed by atoms with Gasteiger partial charge in [0.1, 0.15) is 23.9 Å². The van der Waals surface area contributed by atoms with E-state index in [4.69, 9.17) is 14.6 Å². The first-order valence-corrected chi connectivity index (χ1v) is 9.37. The summed E-state index contributed by atoms with van der Waals surface area (Å²) in [5, 5.41) is 8.61. The Morgan fingerprint density at radius 2 is 1.70 bits per heavy atom. The van der Waals surface area contributed by atoms with Gasteiger partial charge < -0.3 is 19.1 Å². The molecule has 0 aliphatic rings. The van der Waals surface area contributed by atoms with Gasteiger partial charge in [-0.15, -0.1) is 0 Å². The molecule has 0 saturated heterocycles. The molecule has 1 N–H and O–H groups in total. The molecule has 0 atom stereocenters. The summed E-state index contributed by atoms with van der Waals surface area (Å²) in [6.45, 7) is 0.469. The van der Waals surface area contributed by atoms with Crippen molar-refractivity contribution < 1.29 is 24.2 Å². The number of rotatable bonds is 10. The minimum Gasteiger partial charge on any atom is -0.493 e. The summed E-state index contributed by atoms with van der Waals surface area (Å²) in [7, 11) is 1.90. The second-order valence-corrected chi connectivity index (χ2v) is 6.53. The summed E-state index contributed by atoms with van der Waals surface area (Å²) in [6.07, 6.45) is 6.74. The highest BCUT2D eigenvalue weighted by Crippen LogP contribution is 2.16. The minimum absolute atomic E-state index is 0.0526. The smallest absolute Gasteiger partial charge is 0.306 e. The topological polar surface area (TPSA) is 90.7 Å². The SMILES string of the molecule is Cn1ccnc1COc1ccc(C(=O)/C=C/c2ccc(OCCC(=O)O)cc2)cc1. The summed E-state index contributed by atoms with van der Waals surface area (Å²) in [4.78, 5) is 27.1. The van der Waals surface area contributed by atoms with E-state index in [1.54, 1.807) is 60.8 Å². The van der Waals surface area contributed by atoms with E-state index in [1.165, 1.54) is 6.08 Å². The Kier molecular flexibility index (Phi) is 7.00. The van der Waals surface area contributed by atoms with Gasteiger partial charge in [-0.2, -0.15) is 0 Å². The lowest BCUT2D eigenvalue weighted by Crippen LogP contribution is -2.04. The van der Waals surface area contributed by atoms with Crippen LogP contribution < -0.4 is 9.47 Å². The van der Waals surface area contributed by atoms with Gasteiger partial charge in [-0.1, -0.05) is 18.2 Å². The number of imidazole rings is 1. The number of carboxylic acids is 1. The molecule has 0 fully saturated rings. The Balaban J connectivity index is 1.51. The average Bonchev–Trinajstić information content (AvgIpc) is 3.16. The Labute approximate surface area is 174 Å². The number of carboxylic acid groups (broad SMARTS) is 1. The van der Waals surface area contributed by atoms with Gasteiger partial charge in [0, 0.05) is 25.0 Å². The van der Waals surface area contributed by atoms with Crippen LogP contribution >= 0.6 is 0 Å². The fourth-order valence-corrected chi connectivity index (χ4v) is 2.60. The van der Waals surface area contributed by atoms with Crippen LogP contribution in [-0.2, 0) is 18.4 Å². The molecule has 3 rings (SSSR count). The summed E-state index contributed by atoms with van der Waals surface area (Å²) in [5.41, 5.74) is 1.40. The van der Waals surface area contributed by atoms with Gasteiger partial charge in [-0.3, -0.25) is 9.59 Å². The van der Waals surface area contributed by atoms with E-state index >= 15 is 0 Å². The number of allylic oxidation sites excluding steroid dienone is 1. The van der Waals surface area contributed by atoms with Gasteiger partial charge in [0.05, 0.1) is 13.0 Å². The van der Waals surface area contributed by atoms with Crippen molar-refractivity contribution in [1.29, 1.82) is 0 Å². The summed E-state index contributed by atoms with van der Waals surface area (Å²) in [6, 6.07) is 14.0. The summed E-state index contributed by atoms with van der Waals surface area (Å²) in [5.74, 6) is 1.04. The molecule has 0 amide bonds. The number of hydrogen-bond acceptors (Lipinski definition) is 5. The lowest BCUT2D eigenvalue weighted by molar-refractivity contribution is -0.137. The molecule has 1 heterocycles. The maximum absolute atomic E-state index is 12.4. The summed E-state index contributed by atoms with van der Waals surface area (Å²) >= 11 is 0. The number of carbonyl (C=O) groups is 2. The Morgan fingerprint density at radius 1 is 1.03 bits per heavy atom. The number of nitrogens with zero attached hydrogens (tertiary/aromatic N) is 2. The zero-order chi connectivity index (χ0) is 21.3. The van der Waals surface area contributed by atoms with Crippen LogP contribution in [0.2, 0.25) is 0 Å². The van der Waals surface area contributed by atoms with E-state index in [0.29, 0.717) is 23.7 Å². The fourth-order valence-electron chi connectivity index (χ4n) is 2.60. The number of ketones is 1. The van der Waals surface area contributed by atoms with Crippen molar-refractivity contribution in [3.8, 4) is 11.5 Å². The molecule has 0 spiro atoms. The lowest BCUT2D eigenvalue weighted by Gasteiger charge is -2.06. The van der Waals surface area contributed by atoms with E-state index in [-0.39, 0.29) is 18.8 Å². The minimum atomic E-state index is -0.902. The molecule has 0 unspecified atom stereocenters. The molecule has 1 aromatic heterocycles. The van der Waals surface area contributed by atoms with Crippen molar-refractivity contribution in [1.82, 2.24) is 9.55 Å². The molecule has 3 aromatic rings. The number of aryl methyl sites for hydroxylation is 1. The maximum atomic E-state index is 12.4. The van der Waals surface area contributed by atoms with E-state index in [0.717, 1.165) is 11.4 Å². The van der Waals surface area contributed by atoms with E-state index in [2.05, 4.69) is 4.98 Å². The molecule has 7 nitrogen and oxygen atoms in total. The van der Waals surface area contributed by atoms with Crippen LogP contribution in [-0.4, -0.2) is 33.0 Å². The van der Waals surface area contributed by atoms with Crippen molar-refractivity contribution in [3.63, 3.8) is 0 Å². The van der Waals surface area contributed by atoms with Crippen molar-refractivity contribution in [2.75, 3.05) is 6.61 Å². The standard InChI is InChI=1S/C23H22N2O5/c1-25-14-13-24-22(25)16-30-20-9-5-18(6-10-20)21(26)11-4-17-2-7-19(8-3-17)29-15-12-23(27)28/h2-11,13-14H,12,15-16H2,1H3,(H,27,28)/b11-4+. The molecule has 7 heteroatoms. The van der Waals surface area contributed by atoms with Gasteiger partial charge in [0.15, 0.2) is 5.78 Å². The maximum Gasteiger partial charge on any atom is 0.306 e. The molecule has 0 radical (unpaired) electrons. The fraction of sp³-hybridized carbons (Fsp3) is 0.174. The van der Waals surface area contributed by atoms with E-state index < -0.39 is 5.97 Å². The van der Waals surface area contributed by atoms with Crippen LogP contribution in [0.4, 0.5) is 0 Å². The van der Waals surface area contributed by atoms with Crippen LogP contribution in [0.25, 0.3) is 6.08 Å². The van der Waals surface area contributed by atoms with Gasteiger partial charge in [0.2, 0.25) is 0 Å². The quantitative estimate of drug-likeness (QED) is 0.407. The van der Waals surface area contributed by atoms with Crippen molar-refractivity contribution in [2.24, 2.45) is 7.05 Å². The molecular weight excluding hydrogens is 384 g/mol. The molecule has 2 aromatic carbocycles. The number of aromatic nitrogens is 2. The molecule has 154 valence electrons. The Bertz CT molecular complexity index is 1020. The third-order valence-electron chi connectivity index (χ3n) is 4.32. The molecule has 0 bridgehead atoms. The van der Waals surface area contributed by atoms with E-state index in [1.807, 2.05) is 17.8 Å². The molecule has 0 aliphatic heterocycles. The van der Waals surface area contributed by atoms with Crippen LogP contribution in [0, 0.1) is 0 Å². The van der Waals surface area contributed by atoms with Gasteiger partial charge in [0.25, 0.3) is 0 Å². The van der Waals surface area contributed by atoms with Crippen LogP contribution in [0.3, 0.4) is 0 Å². The monoisotopic (exact) mass is 406 g/mol. The second-order valence-electron chi connectivity index (χ2n) is 6.53. The zero-order valence-electron chi connectivity index (χ0n) is 16.5. The van der Waals surface area contributed by atoms with Crippen molar-refractivity contribution in [3.05, 3.63) is 84.0 Å². The predicted octanol–water partition coefficient (Wildman–Crippen LogP) is 3.75. The predicted molar refractivity (Wildman–Crippen MR) is 112 cm³/mol. The third kappa shape index (κ3) is 6.07. The first-order chi connectivity index (χ1) is 14.5. The Hall–Kier alpha value is -3.87. The largest absolute Gasteiger partial charge is 0.493 e. The normalized spacial score (nSPS) is 10.8. The second kappa shape index (κ2) is 10.1. The molecule has 0 saturated carbocycles. The van der Waals surface area contributed by atoms with Crippen LogP contribution in [0.15, 0.2) is 67.0 Å².